The summed E-state index contributed by atoms with van der Waals surface area (Å²) in [5.74, 6) is -0.0467. The molecule has 0 radical (unpaired) electrons. The van der Waals surface area contributed by atoms with Gasteiger partial charge in [0.05, 0.1) is 11.4 Å². The zero-order valence-electron chi connectivity index (χ0n) is 11.5. The van der Waals surface area contributed by atoms with Crippen LogP contribution in [0.1, 0.15) is 18.5 Å². The van der Waals surface area contributed by atoms with Gasteiger partial charge in [-0.05, 0) is 45.8 Å². The van der Waals surface area contributed by atoms with Crippen LogP contribution in [-0.2, 0) is 11.3 Å². The number of carboxylic acid groups (broad SMARTS) is 1. The van der Waals surface area contributed by atoms with Gasteiger partial charge in [-0.3, -0.25) is 4.79 Å². The molecule has 1 N–H and O–H groups in total. The number of imidazole rings is 1. The fraction of sp³-hybridized carbons (Fsp3) is 0.692. The largest absolute Gasteiger partial charge is 0.481 e. The molecule has 1 fully saturated rings. The van der Waals surface area contributed by atoms with Gasteiger partial charge < -0.3 is 14.6 Å². The maximum Gasteiger partial charge on any atom is 0.313 e. The van der Waals surface area contributed by atoms with Crippen molar-refractivity contribution in [2.24, 2.45) is 5.92 Å². The molecule has 0 aromatic carbocycles. The van der Waals surface area contributed by atoms with Gasteiger partial charge in [0, 0.05) is 12.7 Å². The second kappa shape index (κ2) is 6.43. The second-order valence-electron chi connectivity index (χ2n) is 5.25. The first-order valence-corrected chi connectivity index (χ1v) is 7.60. The van der Waals surface area contributed by atoms with Crippen LogP contribution in [0.25, 0.3) is 0 Å². The summed E-state index contributed by atoms with van der Waals surface area (Å²) >= 11 is 1.31. The first-order chi connectivity index (χ1) is 9.04. The molecule has 2 rings (SSSR count). The molecule has 1 saturated heterocycles. The molecule has 0 amide bonds. The van der Waals surface area contributed by atoms with Crippen LogP contribution < -0.4 is 0 Å². The van der Waals surface area contributed by atoms with Crippen molar-refractivity contribution in [2.75, 3.05) is 25.9 Å². The molecule has 2 heterocycles. The number of rotatable bonds is 5. The lowest BCUT2D eigenvalue weighted by Crippen LogP contribution is -2.31. The Morgan fingerprint density at radius 1 is 1.53 bits per heavy atom. The highest BCUT2D eigenvalue weighted by atomic mass is 32.2. The van der Waals surface area contributed by atoms with E-state index in [0.717, 1.165) is 30.5 Å². The highest BCUT2D eigenvalue weighted by Crippen LogP contribution is 2.23. The molecule has 0 bridgehead atoms. The van der Waals surface area contributed by atoms with Crippen molar-refractivity contribution in [3.63, 3.8) is 0 Å². The average molecular weight is 283 g/mol. The molecule has 0 saturated carbocycles. The van der Waals surface area contributed by atoms with Gasteiger partial charge in [-0.25, -0.2) is 4.98 Å². The van der Waals surface area contributed by atoms with E-state index < -0.39 is 5.97 Å². The first kappa shape index (κ1) is 14.4. The number of aryl methyl sites for hydroxylation is 1. The summed E-state index contributed by atoms with van der Waals surface area (Å²) in [6, 6.07) is 0. The smallest absolute Gasteiger partial charge is 0.313 e. The van der Waals surface area contributed by atoms with E-state index in [-0.39, 0.29) is 5.75 Å². The summed E-state index contributed by atoms with van der Waals surface area (Å²) in [5.41, 5.74) is 0.959. The molecule has 1 aromatic heterocycles. The Morgan fingerprint density at radius 2 is 2.21 bits per heavy atom. The fourth-order valence-electron chi connectivity index (χ4n) is 2.42. The van der Waals surface area contributed by atoms with Crippen LogP contribution >= 0.6 is 11.8 Å². The second-order valence-corrected chi connectivity index (χ2v) is 6.19. The van der Waals surface area contributed by atoms with Crippen LogP contribution in [-0.4, -0.2) is 51.4 Å². The molecule has 0 atom stereocenters. The number of nitrogens with zero attached hydrogens (tertiary/aromatic N) is 3. The number of hydrogen-bond donors (Lipinski definition) is 1. The SMILES string of the molecule is Cc1cn(CC2CCN(C)CC2)c(SCC(=O)O)n1. The minimum atomic E-state index is -0.795. The quantitative estimate of drug-likeness (QED) is 0.834. The van der Waals surface area contributed by atoms with Gasteiger partial charge in [-0.15, -0.1) is 0 Å². The lowest BCUT2D eigenvalue weighted by molar-refractivity contribution is -0.133. The number of hydrogen-bond acceptors (Lipinski definition) is 4. The molecule has 1 aromatic rings. The Labute approximate surface area is 118 Å². The number of piperidine rings is 1. The Morgan fingerprint density at radius 3 is 2.84 bits per heavy atom. The van der Waals surface area contributed by atoms with E-state index in [9.17, 15) is 4.79 Å². The van der Waals surface area contributed by atoms with Crippen LogP contribution in [0.5, 0.6) is 0 Å². The van der Waals surface area contributed by atoms with E-state index in [1.165, 1.54) is 24.6 Å². The van der Waals surface area contributed by atoms with Crippen LogP contribution in [0.3, 0.4) is 0 Å². The molecule has 106 valence electrons. The van der Waals surface area contributed by atoms with Crippen molar-refractivity contribution >= 4 is 17.7 Å². The number of aromatic nitrogens is 2. The number of aliphatic carboxylic acids is 1. The van der Waals surface area contributed by atoms with Gasteiger partial charge in [0.25, 0.3) is 0 Å². The molecule has 5 nitrogen and oxygen atoms in total. The van der Waals surface area contributed by atoms with Gasteiger partial charge in [0.15, 0.2) is 5.16 Å². The molecule has 19 heavy (non-hydrogen) atoms. The normalized spacial score (nSPS) is 17.8. The first-order valence-electron chi connectivity index (χ1n) is 6.61. The lowest BCUT2D eigenvalue weighted by Gasteiger charge is -2.29. The Hall–Kier alpha value is -1.01. The van der Waals surface area contributed by atoms with Crippen LogP contribution in [0, 0.1) is 12.8 Å². The monoisotopic (exact) mass is 283 g/mol. The molecule has 0 unspecified atom stereocenters. The third-order valence-electron chi connectivity index (χ3n) is 3.48. The number of likely N-dealkylation sites (tertiary alicyclic amines) is 1. The van der Waals surface area contributed by atoms with Crippen molar-refractivity contribution < 1.29 is 9.90 Å². The van der Waals surface area contributed by atoms with Gasteiger partial charge in [0.1, 0.15) is 0 Å². The van der Waals surface area contributed by atoms with Crippen molar-refractivity contribution in [3.8, 4) is 0 Å². The van der Waals surface area contributed by atoms with E-state index in [4.69, 9.17) is 5.11 Å². The average Bonchev–Trinajstić information content (AvgIpc) is 2.70. The summed E-state index contributed by atoms with van der Waals surface area (Å²) < 4.78 is 2.12. The standard InChI is InChI=1S/C13H21N3O2S/c1-10-7-16(13(14-10)19-9-12(17)18)8-11-3-5-15(2)6-4-11/h7,11H,3-6,8-9H2,1-2H3,(H,17,18). The van der Waals surface area contributed by atoms with Gasteiger partial charge >= 0.3 is 5.97 Å². The van der Waals surface area contributed by atoms with E-state index in [1.807, 2.05) is 13.1 Å². The van der Waals surface area contributed by atoms with E-state index in [2.05, 4.69) is 21.5 Å². The van der Waals surface area contributed by atoms with Gasteiger partial charge in [-0.2, -0.15) is 0 Å². The Balaban J connectivity index is 1.97. The summed E-state index contributed by atoms with van der Waals surface area (Å²) in [4.78, 5) is 17.4. The lowest BCUT2D eigenvalue weighted by atomic mass is 9.97. The number of carboxylic acids is 1. The molecule has 0 aliphatic carbocycles. The number of carbonyl (C=O) groups is 1. The van der Waals surface area contributed by atoms with Crippen molar-refractivity contribution in [1.82, 2.24) is 14.5 Å². The van der Waals surface area contributed by atoms with Crippen molar-refractivity contribution in [3.05, 3.63) is 11.9 Å². The predicted molar refractivity (Wildman–Crippen MR) is 75.5 cm³/mol. The topological polar surface area (TPSA) is 58.4 Å². The third-order valence-corrected chi connectivity index (χ3v) is 4.45. The number of thioether (sulfide) groups is 1. The zero-order chi connectivity index (χ0) is 13.8. The molecular weight excluding hydrogens is 262 g/mol. The molecule has 0 spiro atoms. The van der Waals surface area contributed by atoms with Crippen LogP contribution in [0.4, 0.5) is 0 Å². The summed E-state index contributed by atoms with van der Waals surface area (Å²) in [6.45, 7) is 5.21. The third kappa shape index (κ3) is 4.24. The predicted octanol–water partition coefficient (Wildman–Crippen LogP) is 1.71. The van der Waals surface area contributed by atoms with Gasteiger partial charge in [-0.1, -0.05) is 11.8 Å². The molecule has 1 aliphatic heterocycles. The summed E-state index contributed by atoms with van der Waals surface area (Å²) in [5, 5.41) is 9.59. The molecule has 1 aliphatic rings. The van der Waals surface area contributed by atoms with Crippen molar-refractivity contribution in [1.29, 1.82) is 0 Å². The van der Waals surface area contributed by atoms with Crippen molar-refractivity contribution in [2.45, 2.75) is 31.5 Å². The minimum Gasteiger partial charge on any atom is -0.481 e. The van der Waals surface area contributed by atoms with Gasteiger partial charge in [0.2, 0.25) is 0 Å². The fourth-order valence-corrected chi connectivity index (χ4v) is 3.17. The highest BCUT2D eigenvalue weighted by Gasteiger charge is 2.19. The Kier molecular flexibility index (Phi) is 4.87. The highest BCUT2D eigenvalue weighted by molar-refractivity contribution is 7.99. The van der Waals surface area contributed by atoms with Crippen LogP contribution in [0.2, 0.25) is 0 Å². The van der Waals surface area contributed by atoms with E-state index in [1.54, 1.807) is 0 Å². The maximum atomic E-state index is 10.7. The Bertz CT molecular complexity index is 439. The van der Waals surface area contributed by atoms with Crippen LogP contribution in [0.15, 0.2) is 11.4 Å². The maximum absolute atomic E-state index is 10.7. The zero-order valence-corrected chi connectivity index (χ0v) is 12.3. The minimum absolute atomic E-state index is 0.0733. The molecule has 6 heteroatoms. The summed E-state index contributed by atoms with van der Waals surface area (Å²) in [7, 11) is 2.16. The van der Waals surface area contributed by atoms with E-state index in [0.29, 0.717) is 5.92 Å². The van der Waals surface area contributed by atoms with E-state index >= 15 is 0 Å². The molecular formula is C13H21N3O2S. The summed E-state index contributed by atoms with van der Waals surface area (Å²) in [6.07, 6.45) is 4.44.